The van der Waals surface area contributed by atoms with Crippen molar-refractivity contribution >= 4 is 39.1 Å². The van der Waals surface area contributed by atoms with E-state index in [2.05, 4.69) is 36.5 Å². The number of rotatable bonds is 4. The predicted molar refractivity (Wildman–Crippen MR) is 96.9 cm³/mol. The highest BCUT2D eigenvalue weighted by Crippen LogP contribution is 2.28. The number of hydrogen-bond acceptors (Lipinski definition) is 3. The van der Waals surface area contributed by atoms with Crippen LogP contribution in [0.15, 0.2) is 41.1 Å². The number of aromatic nitrogens is 4. The highest BCUT2D eigenvalue weighted by Gasteiger charge is 2.20. The number of carbonyl (C=O) groups is 1. The van der Waals surface area contributed by atoms with Crippen molar-refractivity contribution in [1.82, 2.24) is 20.0 Å². The molecule has 8 heteroatoms. The van der Waals surface area contributed by atoms with Crippen LogP contribution in [0, 0.1) is 0 Å². The highest BCUT2D eigenvalue weighted by molar-refractivity contribution is 9.10. The first-order valence-electron chi connectivity index (χ1n) is 7.32. The lowest BCUT2D eigenvalue weighted by atomic mass is 10.1. The highest BCUT2D eigenvalue weighted by atomic mass is 79.9. The Kier molecular flexibility index (Phi) is 4.73. The number of H-pyrrole nitrogens is 1. The quantitative estimate of drug-likeness (QED) is 0.672. The van der Waals surface area contributed by atoms with Gasteiger partial charge in [0.15, 0.2) is 5.69 Å². The largest absolute Gasteiger partial charge is 0.319 e. The molecule has 124 valence electrons. The van der Waals surface area contributed by atoms with Gasteiger partial charge in [-0.1, -0.05) is 25.4 Å². The molecule has 0 unspecified atom stereocenters. The SMILES string of the molecule is CC(C)c1[nH]nc(C(=O)Nc2cc(Cl)ccc2-n2cccn2)c1Br. The third-order valence-corrected chi connectivity index (χ3v) is 4.52. The Morgan fingerprint density at radius 1 is 1.42 bits per heavy atom. The van der Waals surface area contributed by atoms with E-state index in [1.165, 1.54) is 0 Å². The Hall–Kier alpha value is -2.12. The first kappa shape index (κ1) is 16.7. The molecule has 0 radical (unpaired) electrons. The van der Waals surface area contributed by atoms with Crippen LogP contribution in [0.25, 0.3) is 5.69 Å². The molecule has 6 nitrogen and oxygen atoms in total. The summed E-state index contributed by atoms with van der Waals surface area (Å²) in [4.78, 5) is 12.6. The molecule has 0 spiro atoms. The molecule has 1 amide bonds. The zero-order chi connectivity index (χ0) is 17.3. The van der Waals surface area contributed by atoms with E-state index >= 15 is 0 Å². The summed E-state index contributed by atoms with van der Waals surface area (Å²) in [6.07, 6.45) is 3.46. The Bertz CT molecular complexity index is 873. The fourth-order valence-corrected chi connectivity index (χ4v) is 3.26. The van der Waals surface area contributed by atoms with Crippen molar-refractivity contribution in [2.24, 2.45) is 0 Å². The smallest absolute Gasteiger partial charge is 0.277 e. The molecule has 0 saturated carbocycles. The summed E-state index contributed by atoms with van der Waals surface area (Å²) in [7, 11) is 0. The van der Waals surface area contributed by atoms with Crippen LogP contribution in [0.3, 0.4) is 0 Å². The first-order chi connectivity index (χ1) is 11.5. The van der Waals surface area contributed by atoms with Crippen LogP contribution < -0.4 is 5.32 Å². The van der Waals surface area contributed by atoms with Crippen molar-refractivity contribution in [2.45, 2.75) is 19.8 Å². The molecular weight excluding hydrogens is 394 g/mol. The van der Waals surface area contributed by atoms with E-state index in [0.717, 1.165) is 5.69 Å². The molecular formula is C16H15BrClN5O. The summed E-state index contributed by atoms with van der Waals surface area (Å²) in [5, 5.41) is 14.6. The van der Waals surface area contributed by atoms with Gasteiger partial charge in [0.1, 0.15) is 0 Å². The van der Waals surface area contributed by atoms with E-state index in [-0.39, 0.29) is 11.8 Å². The minimum Gasteiger partial charge on any atom is -0.319 e. The van der Waals surface area contributed by atoms with Crippen LogP contribution in [-0.2, 0) is 0 Å². The number of anilines is 1. The van der Waals surface area contributed by atoms with Gasteiger partial charge >= 0.3 is 0 Å². The lowest BCUT2D eigenvalue weighted by Gasteiger charge is -2.11. The number of nitrogens with zero attached hydrogens (tertiary/aromatic N) is 3. The molecule has 0 aliphatic carbocycles. The van der Waals surface area contributed by atoms with Crippen molar-refractivity contribution in [3.05, 3.63) is 57.5 Å². The maximum atomic E-state index is 12.6. The summed E-state index contributed by atoms with van der Waals surface area (Å²) in [6, 6.07) is 7.03. The van der Waals surface area contributed by atoms with Gasteiger partial charge < -0.3 is 5.32 Å². The average molecular weight is 409 g/mol. The second kappa shape index (κ2) is 6.78. The van der Waals surface area contributed by atoms with Crippen LogP contribution in [0.1, 0.15) is 35.9 Å². The van der Waals surface area contributed by atoms with Gasteiger partial charge in [-0.15, -0.1) is 0 Å². The number of halogens is 2. The van der Waals surface area contributed by atoms with Gasteiger partial charge in [-0.3, -0.25) is 9.89 Å². The molecule has 0 saturated heterocycles. The Morgan fingerprint density at radius 2 is 2.21 bits per heavy atom. The minimum absolute atomic E-state index is 0.222. The molecule has 0 fully saturated rings. The topological polar surface area (TPSA) is 75.6 Å². The van der Waals surface area contributed by atoms with Gasteiger partial charge in [-0.25, -0.2) is 4.68 Å². The molecule has 3 aromatic rings. The van der Waals surface area contributed by atoms with Gasteiger partial charge in [0.05, 0.1) is 21.5 Å². The lowest BCUT2D eigenvalue weighted by molar-refractivity contribution is 0.102. The molecule has 0 atom stereocenters. The van der Waals surface area contributed by atoms with Crippen molar-refractivity contribution in [2.75, 3.05) is 5.32 Å². The number of nitrogens with one attached hydrogen (secondary N) is 2. The zero-order valence-corrected chi connectivity index (χ0v) is 15.4. The van der Waals surface area contributed by atoms with E-state index in [1.54, 1.807) is 41.3 Å². The number of carbonyl (C=O) groups excluding carboxylic acids is 1. The van der Waals surface area contributed by atoms with Gasteiger partial charge in [-0.2, -0.15) is 10.2 Å². The van der Waals surface area contributed by atoms with Crippen molar-refractivity contribution in [1.29, 1.82) is 0 Å². The van der Waals surface area contributed by atoms with E-state index in [9.17, 15) is 4.79 Å². The number of aromatic amines is 1. The van der Waals surface area contributed by atoms with Gasteiger partial charge in [-0.05, 0) is 46.1 Å². The second-order valence-corrected chi connectivity index (χ2v) is 6.75. The summed E-state index contributed by atoms with van der Waals surface area (Å²) >= 11 is 9.51. The molecule has 2 aromatic heterocycles. The maximum absolute atomic E-state index is 12.6. The Balaban J connectivity index is 1.94. The average Bonchev–Trinajstić information content (AvgIpc) is 3.16. The number of amides is 1. The monoisotopic (exact) mass is 407 g/mol. The van der Waals surface area contributed by atoms with Crippen LogP contribution in [0.4, 0.5) is 5.69 Å². The van der Waals surface area contributed by atoms with E-state index in [1.807, 2.05) is 13.8 Å². The predicted octanol–water partition coefficient (Wildman–Crippen LogP) is 4.39. The molecule has 1 aromatic carbocycles. The normalized spacial score (nSPS) is 11.0. The molecule has 0 aliphatic heterocycles. The fraction of sp³-hybridized carbons (Fsp3) is 0.188. The molecule has 2 heterocycles. The third-order valence-electron chi connectivity index (χ3n) is 3.48. The minimum atomic E-state index is -0.333. The van der Waals surface area contributed by atoms with E-state index < -0.39 is 0 Å². The summed E-state index contributed by atoms with van der Waals surface area (Å²) in [6.45, 7) is 4.04. The number of hydrogen-bond donors (Lipinski definition) is 2. The van der Waals surface area contributed by atoms with Gasteiger partial charge in [0.2, 0.25) is 0 Å². The van der Waals surface area contributed by atoms with E-state index in [4.69, 9.17) is 11.6 Å². The number of benzene rings is 1. The van der Waals surface area contributed by atoms with Crippen molar-refractivity contribution < 1.29 is 4.79 Å². The zero-order valence-electron chi connectivity index (χ0n) is 13.0. The van der Waals surface area contributed by atoms with Crippen molar-refractivity contribution in [3.63, 3.8) is 0 Å². The van der Waals surface area contributed by atoms with Crippen LogP contribution in [0.2, 0.25) is 5.02 Å². The summed E-state index contributed by atoms with van der Waals surface area (Å²) < 4.78 is 2.32. The fourth-order valence-electron chi connectivity index (χ4n) is 2.28. The second-order valence-electron chi connectivity index (χ2n) is 5.52. The van der Waals surface area contributed by atoms with Crippen LogP contribution in [0.5, 0.6) is 0 Å². The summed E-state index contributed by atoms with van der Waals surface area (Å²) in [5.74, 6) is -0.111. The van der Waals surface area contributed by atoms with E-state index in [0.29, 0.717) is 26.6 Å². The maximum Gasteiger partial charge on any atom is 0.277 e. The van der Waals surface area contributed by atoms with Crippen LogP contribution in [-0.4, -0.2) is 25.9 Å². The van der Waals surface area contributed by atoms with Crippen LogP contribution >= 0.6 is 27.5 Å². The summed E-state index contributed by atoms with van der Waals surface area (Å²) in [5.41, 5.74) is 2.44. The first-order valence-corrected chi connectivity index (χ1v) is 8.49. The molecule has 0 aliphatic rings. The Morgan fingerprint density at radius 3 is 2.83 bits per heavy atom. The van der Waals surface area contributed by atoms with Gasteiger partial charge in [0, 0.05) is 17.4 Å². The molecule has 0 bridgehead atoms. The molecule has 24 heavy (non-hydrogen) atoms. The van der Waals surface area contributed by atoms with Crippen molar-refractivity contribution in [3.8, 4) is 5.69 Å². The third kappa shape index (κ3) is 3.22. The lowest BCUT2D eigenvalue weighted by Crippen LogP contribution is -2.15. The standard InChI is InChI=1S/C16H15BrClN5O/c1-9(2)14-13(17)15(22-21-14)16(24)20-11-8-10(18)4-5-12(11)23-7-3-6-19-23/h3-9H,1-2H3,(H,20,24)(H,21,22). The Labute approximate surface area is 152 Å². The van der Waals surface area contributed by atoms with Gasteiger partial charge in [0.25, 0.3) is 5.91 Å². The molecule has 3 rings (SSSR count). The molecule has 2 N–H and O–H groups in total.